The monoisotopic (exact) mass is 377 g/mol. The highest BCUT2D eigenvalue weighted by atomic mass is 19.1. The van der Waals surface area contributed by atoms with Gasteiger partial charge in [-0.15, -0.1) is 0 Å². The van der Waals surface area contributed by atoms with Gasteiger partial charge in [-0.1, -0.05) is 26.7 Å². The van der Waals surface area contributed by atoms with E-state index in [1.165, 1.54) is 37.6 Å². The van der Waals surface area contributed by atoms with E-state index >= 15 is 0 Å². The Kier molecular flexibility index (Phi) is 7.51. The molecule has 1 fully saturated rings. The van der Waals surface area contributed by atoms with Crippen LogP contribution in [-0.2, 0) is 14.3 Å². The van der Waals surface area contributed by atoms with Crippen molar-refractivity contribution in [1.82, 2.24) is 5.32 Å². The van der Waals surface area contributed by atoms with Crippen LogP contribution in [0, 0.1) is 17.7 Å². The second-order valence-corrected chi connectivity index (χ2v) is 7.44. The second kappa shape index (κ2) is 9.62. The van der Waals surface area contributed by atoms with Gasteiger partial charge in [0.25, 0.3) is 5.91 Å². The molecule has 1 aliphatic rings. The Morgan fingerprint density at radius 3 is 2.48 bits per heavy atom. The third-order valence-corrected chi connectivity index (χ3v) is 5.43. The summed E-state index contributed by atoms with van der Waals surface area (Å²) >= 11 is 0. The molecule has 0 aliphatic heterocycles. The maximum atomic E-state index is 12.9. The van der Waals surface area contributed by atoms with Crippen molar-refractivity contribution in [3.8, 4) is 0 Å². The number of Topliss-reactive ketones (excluding diaryl/α,β-unsaturated/α-hetero) is 1. The van der Waals surface area contributed by atoms with E-state index in [1.807, 2.05) is 0 Å². The van der Waals surface area contributed by atoms with E-state index in [0.29, 0.717) is 17.4 Å². The third kappa shape index (κ3) is 6.15. The van der Waals surface area contributed by atoms with Gasteiger partial charge in [0.1, 0.15) is 5.82 Å². The summed E-state index contributed by atoms with van der Waals surface area (Å²) in [6.07, 6.45) is 2.11. The Morgan fingerprint density at radius 2 is 1.81 bits per heavy atom. The van der Waals surface area contributed by atoms with Crippen LogP contribution in [0.25, 0.3) is 0 Å². The van der Waals surface area contributed by atoms with Crippen LogP contribution >= 0.6 is 0 Å². The van der Waals surface area contributed by atoms with E-state index in [9.17, 15) is 18.8 Å². The molecule has 1 N–H and O–H groups in total. The zero-order chi connectivity index (χ0) is 20.0. The minimum atomic E-state index is -0.900. The van der Waals surface area contributed by atoms with Crippen LogP contribution in [0.2, 0.25) is 0 Å². The predicted octanol–water partition coefficient (Wildman–Crippen LogP) is 3.66. The van der Waals surface area contributed by atoms with Gasteiger partial charge in [0.15, 0.2) is 11.9 Å². The number of benzene rings is 1. The molecule has 27 heavy (non-hydrogen) atoms. The Bertz CT molecular complexity index is 673. The fourth-order valence-corrected chi connectivity index (χ4v) is 3.39. The van der Waals surface area contributed by atoms with Crippen molar-refractivity contribution in [1.29, 1.82) is 0 Å². The molecule has 0 heterocycles. The van der Waals surface area contributed by atoms with Gasteiger partial charge in [0.05, 0.1) is 6.42 Å². The maximum absolute atomic E-state index is 12.9. The first kappa shape index (κ1) is 21.1. The van der Waals surface area contributed by atoms with Crippen LogP contribution in [0.15, 0.2) is 24.3 Å². The van der Waals surface area contributed by atoms with Crippen molar-refractivity contribution in [2.24, 2.45) is 11.8 Å². The first-order valence-corrected chi connectivity index (χ1v) is 9.56. The SMILES string of the molecule is C[C@@H]1[C@H](C)CCC[C@H]1NC(=O)[C@@H](C)OC(=O)CCC(=O)c1ccc(F)cc1. The van der Waals surface area contributed by atoms with Crippen LogP contribution in [0.4, 0.5) is 4.39 Å². The lowest BCUT2D eigenvalue weighted by molar-refractivity contribution is -0.155. The molecule has 1 amide bonds. The van der Waals surface area contributed by atoms with E-state index in [-0.39, 0.29) is 30.6 Å². The number of carbonyl (C=O) groups excluding carboxylic acids is 3. The van der Waals surface area contributed by atoms with Gasteiger partial charge in [-0.2, -0.15) is 0 Å². The fourth-order valence-electron chi connectivity index (χ4n) is 3.39. The van der Waals surface area contributed by atoms with Gasteiger partial charge in [-0.05, 0) is 49.4 Å². The lowest BCUT2D eigenvalue weighted by Crippen LogP contribution is -2.47. The van der Waals surface area contributed by atoms with E-state index < -0.39 is 17.9 Å². The second-order valence-electron chi connectivity index (χ2n) is 7.44. The molecular formula is C21H28FNO4. The number of ketones is 1. The number of halogens is 1. The molecule has 1 aliphatic carbocycles. The lowest BCUT2D eigenvalue weighted by Gasteiger charge is -2.35. The zero-order valence-corrected chi connectivity index (χ0v) is 16.2. The lowest BCUT2D eigenvalue weighted by atomic mass is 9.78. The van der Waals surface area contributed by atoms with Gasteiger partial charge < -0.3 is 10.1 Å². The van der Waals surface area contributed by atoms with Gasteiger partial charge in [0.2, 0.25) is 0 Å². The molecule has 1 aromatic rings. The Hall–Kier alpha value is -2.24. The maximum Gasteiger partial charge on any atom is 0.307 e. The summed E-state index contributed by atoms with van der Waals surface area (Å²) < 4.78 is 18.0. The number of carbonyl (C=O) groups is 3. The Labute approximate surface area is 159 Å². The highest BCUT2D eigenvalue weighted by molar-refractivity contribution is 5.97. The van der Waals surface area contributed by atoms with E-state index in [0.717, 1.165) is 12.8 Å². The van der Waals surface area contributed by atoms with Gasteiger partial charge in [-0.25, -0.2) is 4.39 Å². The summed E-state index contributed by atoms with van der Waals surface area (Å²) in [6, 6.07) is 5.26. The van der Waals surface area contributed by atoms with Crippen LogP contribution in [-0.4, -0.2) is 29.8 Å². The first-order valence-electron chi connectivity index (χ1n) is 9.56. The molecule has 0 saturated heterocycles. The Balaban J connectivity index is 1.76. The Morgan fingerprint density at radius 1 is 1.15 bits per heavy atom. The number of hydrogen-bond acceptors (Lipinski definition) is 4. The van der Waals surface area contributed by atoms with Crippen LogP contribution in [0.3, 0.4) is 0 Å². The average Bonchev–Trinajstić information content (AvgIpc) is 2.64. The summed E-state index contributed by atoms with van der Waals surface area (Å²) in [4.78, 5) is 36.2. The topological polar surface area (TPSA) is 72.5 Å². The predicted molar refractivity (Wildman–Crippen MR) is 99.6 cm³/mol. The van der Waals surface area contributed by atoms with Gasteiger partial charge in [0, 0.05) is 18.0 Å². The molecule has 148 valence electrons. The minimum absolute atomic E-state index is 0.0457. The molecule has 5 nitrogen and oxygen atoms in total. The van der Waals surface area contributed by atoms with Crippen molar-refractivity contribution in [3.63, 3.8) is 0 Å². The highest BCUT2D eigenvalue weighted by Crippen LogP contribution is 2.29. The van der Waals surface area contributed by atoms with Crippen molar-refractivity contribution in [2.75, 3.05) is 0 Å². The summed E-state index contributed by atoms with van der Waals surface area (Å²) in [5, 5.41) is 2.98. The minimum Gasteiger partial charge on any atom is -0.453 e. The molecule has 0 spiro atoms. The van der Waals surface area contributed by atoms with Crippen LogP contribution < -0.4 is 5.32 Å². The van der Waals surface area contributed by atoms with Crippen molar-refractivity contribution >= 4 is 17.7 Å². The van der Waals surface area contributed by atoms with Gasteiger partial charge in [-0.3, -0.25) is 14.4 Å². The molecule has 0 aromatic heterocycles. The van der Waals surface area contributed by atoms with Crippen molar-refractivity contribution < 1.29 is 23.5 Å². The van der Waals surface area contributed by atoms with Crippen LogP contribution in [0.1, 0.15) is 63.2 Å². The molecule has 4 atom stereocenters. The van der Waals surface area contributed by atoms with Gasteiger partial charge >= 0.3 is 5.97 Å². The molecule has 6 heteroatoms. The van der Waals surface area contributed by atoms with E-state index in [4.69, 9.17) is 4.74 Å². The number of nitrogens with one attached hydrogen (secondary N) is 1. The highest BCUT2D eigenvalue weighted by Gasteiger charge is 2.30. The summed E-state index contributed by atoms with van der Waals surface area (Å²) in [6.45, 7) is 5.85. The smallest absolute Gasteiger partial charge is 0.307 e. The van der Waals surface area contributed by atoms with E-state index in [1.54, 1.807) is 0 Å². The summed E-state index contributed by atoms with van der Waals surface area (Å²) in [5.41, 5.74) is 0.343. The number of esters is 1. The molecule has 1 aromatic carbocycles. The summed E-state index contributed by atoms with van der Waals surface area (Å²) in [5.74, 6) is -0.655. The van der Waals surface area contributed by atoms with Crippen LogP contribution in [0.5, 0.6) is 0 Å². The molecule has 0 bridgehead atoms. The standard InChI is InChI=1S/C21H28FNO4/c1-13-5-4-6-18(14(13)2)23-21(26)15(3)27-20(25)12-11-19(24)16-7-9-17(22)10-8-16/h7-10,13-15,18H,4-6,11-12H2,1-3H3,(H,23,26)/t13-,14-,15-,18-/m1/s1. The largest absolute Gasteiger partial charge is 0.453 e. The molecule has 0 unspecified atom stereocenters. The number of ether oxygens (including phenoxy) is 1. The molecule has 1 saturated carbocycles. The number of rotatable bonds is 7. The number of amides is 1. The quantitative estimate of drug-likeness (QED) is 0.581. The average molecular weight is 377 g/mol. The van der Waals surface area contributed by atoms with Crippen molar-refractivity contribution in [3.05, 3.63) is 35.6 Å². The fraction of sp³-hybridized carbons (Fsp3) is 0.571. The number of hydrogen-bond donors (Lipinski definition) is 1. The first-order chi connectivity index (χ1) is 12.8. The molecular weight excluding hydrogens is 349 g/mol. The van der Waals surface area contributed by atoms with E-state index in [2.05, 4.69) is 19.2 Å². The molecule has 2 rings (SSSR count). The molecule has 0 radical (unpaired) electrons. The summed E-state index contributed by atoms with van der Waals surface area (Å²) in [7, 11) is 0. The normalized spacial score (nSPS) is 23.3. The zero-order valence-electron chi connectivity index (χ0n) is 16.2. The van der Waals surface area contributed by atoms with Crippen molar-refractivity contribution in [2.45, 2.75) is 65.0 Å². The third-order valence-electron chi connectivity index (χ3n) is 5.43.